The molecule has 17 heteroatoms. The van der Waals surface area contributed by atoms with Gasteiger partial charge in [-0.1, -0.05) is 0 Å². The van der Waals surface area contributed by atoms with Crippen molar-refractivity contribution in [3.05, 3.63) is 12.7 Å². The van der Waals surface area contributed by atoms with E-state index in [4.69, 9.17) is 20.3 Å². The van der Waals surface area contributed by atoms with Crippen LogP contribution in [0.25, 0.3) is 11.2 Å². The summed E-state index contributed by atoms with van der Waals surface area (Å²) in [6, 6.07) is 0. The predicted octanol–water partition coefficient (Wildman–Crippen LogP) is -1.75. The van der Waals surface area contributed by atoms with Crippen molar-refractivity contribution in [3.8, 4) is 0 Å². The maximum absolute atomic E-state index is 11.8. The SMILES string of the molecule is Nc1ncnc2c1ncn2[C@@H]1O[C@H](CO)[C@@H](OP(=O)(O)OP(=O)(O)O)[C@H]1O. The number of aromatic nitrogens is 4. The summed E-state index contributed by atoms with van der Waals surface area (Å²) >= 11 is 0. The molecule has 1 unspecified atom stereocenters. The first-order valence-electron chi connectivity index (χ1n) is 7.18. The van der Waals surface area contributed by atoms with E-state index in [0.29, 0.717) is 0 Å². The molecule has 1 aliphatic heterocycles. The second-order valence-corrected chi connectivity index (χ2v) is 8.21. The summed E-state index contributed by atoms with van der Waals surface area (Å²) in [5, 5.41) is 19.9. The summed E-state index contributed by atoms with van der Waals surface area (Å²) in [6.07, 6.45) is -3.59. The van der Waals surface area contributed by atoms with E-state index in [1.165, 1.54) is 10.9 Å². The number of aliphatic hydroxyl groups is 2. The number of aliphatic hydroxyl groups excluding tert-OH is 2. The molecule has 0 aliphatic carbocycles. The molecular formula is C10H15N5O10P2. The van der Waals surface area contributed by atoms with Crippen molar-refractivity contribution in [2.24, 2.45) is 0 Å². The predicted molar refractivity (Wildman–Crippen MR) is 84.6 cm³/mol. The fourth-order valence-electron chi connectivity index (χ4n) is 2.59. The fourth-order valence-corrected chi connectivity index (χ4v) is 4.39. The number of imidazole rings is 1. The monoisotopic (exact) mass is 427 g/mol. The molecule has 0 radical (unpaired) electrons. The Hall–Kier alpha value is -1.51. The van der Waals surface area contributed by atoms with Crippen molar-refractivity contribution in [3.63, 3.8) is 0 Å². The van der Waals surface area contributed by atoms with Gasteiger partial charge in [0.1, 0.15) is 30.2 Å². The zero-order chi connectivity index (χ0) is 20.0. The van der Waals surface area contributed by atoms with Crippen LogP contribution in [0.1, 0.15) is 6.23 Å². The van der Waals surface area contributed by atoms with E-state index in [0.717, 1.165) is 6.33 Å². The van der Waals surface area contributed by atoms with E-state index in [1.807, 2.05) is 0 Å². The highest BCUT2D eigenvalue weighted by Gasteiger charge is 2.50. The largest absolute Gasteiger partial charge is 0.481 e. The topological polar surface area (TPSA) is 233 Å². The number of hydrogen-bond donors (Lipinski definition) is 6. The highest BCUT2D eigenvalue weighted by molar-refractivity contribution is 7.60. The molecule has 15 nitrogen and oxygen atoms in total. The second-order valence-electron chi connectivity index (χ2n) is 5.43. The smallest absolute Gasteiger partial charge is 0.394 e. The Labute approximate surface area is 150 Å². The summed E-state index contributed by atoms with van der Waals surface area (Å²) in [7, 11) is -10.7. The first kappa shape index (κ1) is 20.2. The zero-order valence-electron chi connectivity index (χ0n) is 13.2. The van der Waals surface area contributed by atoms with E-state index in [1.54, 1.807) is 0 Å². The molecule has 0 bridgehead atoms. The standard InChI is InChI=1S/C10H15N5O10P2/c11-8-5-9(13-2-12-8)15(3-14-5)10-6(17)7(4(1-16)23-10)24-27(21,22)25-26(18,19)20/h2-4,6-7,10,16-17H,1H2,(H,21,22)(H2,11,12,13)(H2,18,19,20)/t4-,6-,7-,10-/m1/s1. The summed E-state index contributed by atoms with van der Waals surface area (Å²) in [6.45, 7) is -0.752. The number of phosphoric ester groups is 1. The van der Waals surface area contributed by atoms with Gasteiger partial charge in [-0.05, 0) is 0 Å². The van der Waals surface area contributed by atoms with Crippen LogP contribution in [0.5, 0.6) is 0 Å². The van der Waals surface area contributed by atoms with Gasteiger partial charge < -0.3 is 35.4 Å². The lowest BCUT2D eigenvalue weighted by Crippen LogP contribution is -2.35. The molecule has 3 rings (SSSR count). The molecule has 3 heterocycles. The van der Waals surface area contributed by atoms with E-state index in [9.17, 15) is 24.2 Å². The van der Waals surface area contributed by atoms with Gasteiger partial charge >= 0.3 is 15.6 Å². The van der Waals surface area contributed by atoms with Crippen LogP contribution in [0.4, 0.5) is 5.82 Å². The number of nitrogen functional groups attached to an aromatic ring is 1. The third-order valence-electron chi connectivity index (χ3n) is 3.62. The van der Waals surface area contributed by atoms with Gasteiger partial charge in [-0.3, -0.25) is 9.09 Å². The van der Waals surface area contributed by atoms with E-state index >= 15 is 0 Å². The molecule has 2 aromatic rings. The minimum absolute atomic E-state index is 0.0626. The zero-order valence-corrected chi connectivity index (χ0v) is 15.0. The number of fused-ring (bicyclic) bond motifs is 1. The number of phosphoric acid groups is 2. The van der Waals surface area contributed by atoms with Crippen LogP contribution in [-0.2, 0) is 22.7 Å². The average Bonchev–Trinajstić information content (AvgIpc) is 3.08. The lowest BCUT2D eigenvalue weighted by atomic mass is 10.1. The van der Waals surface area contributed by atoms with Crippen molar-refractivity contribution in [1.82, 2.24) is 19.5 Å². The summed E-state index contributed by atoms with van der Waals surface area (Å²) in [5.41, 5.74) is 6.04. The van der Waals surface area contributed by atoms with E-state index < -0.39 is 46.8 Å². The maximum atomic E-state index is 11.8. The van der Waals surface area contributed by atoms with Gasteiger partial charge in [0.05, 0.1) is 12.9 Å². The van der Waals surface area contributed by atoms with Crippen LogP contribution in [0, 0.1) is 0 Å². The Bertz CT molecular complexity index is 932. The third kappa shape index (κ3) is 4.17. The Balaban J connectivity index is 1.89. The van der Waals surface area contributed by atoms with Gasteiger partial charge in [0, 0.05) is 0 Å². The number of rotatable bonds is 6. The molecule has 1 saturated heterocycles. The van der Waals surface area contributed by atoms with Gasteiger partial charge in [0.15, 0.2) is 17.7 Å². The van der Waals surface area contributed by atoms with E-state index in [2.05, 4.69) is 23.8 Å². The van der Waals surface area contributed by atoms with Gasteiger partial charge in [-0.2, -0.15) is 4.31 Å². The van der Waals surface area contributed by atoms with Gasteiger partial charge in [0.2, 0.25) is 0 Å². The molecule has 150 valence electrons. The van der Waals surface area contributed by atoms with Crippen molar-refractivity contribution < 1.29 is 47.6 Å². The van der Waals surface area contributed by atoms with E-state index in [-0.39, 0.29) is 17.0 Å². The summed E-state index contributed by atoms with van der Waals surface area (Å²) in [5.74, 6) is 0.0626. The second kappa shape index (κ2) is 7.14. The quantitative estimate of drug-likeness (QED) is 0.281. The van der Waals surface area contributed by atoms with Crippen LogP contribution >= 0.6 is 15.6 Å². The minimum atomic E-state index is -5.36. The Morgan fingerprint density at radius 3 is 2.59 bits per heavy atom. The molecule has 0 saturated carbocycles. The van der Waals surface area contributed by atoms with Crippen LogP contribution < -0.4 is 5.73 Å². The molecule has 27 heavy (non-hydrogen) atoms. The Morgan fingerprint density at radius 1 is 1.26 bits per heavy atom. The summed E-state index contributed by atoms with van der Waals surface area (Å²) in [4.78, 5) is 38.5. The molecule has 2 aromatic heterocycles. The first-order chi connectivity index (χ1) is 12.5. The molecule has 1 aliphatic rings. The Kier molecular flexibility index (Phi) is 5.35. The van der Waals surface area contributed by atoms with Crippen LogP contribution in [0.2, 0.25) is 0 Å². The number of nitrogens with two attached hydrogens (primary N) is 1. The normalized spacial score (nSPS) is 28.5. The fraction of sp³-hybridized carbons (Fsp3) is 0.500. The molecule has 0 amide bonds. The molecule has 0 aromatic carbocycles. The van der Waals surface area contributed by atoms with Crippen LogP contribution in [0.15, 0.2) is 12.7 Å². The molecule has 7 N–H and O–H groups in total. The first-order valence-corrected chi connectivity index (χ1v) is 10.2. The number of ether oxygens (including phenoxy) is 1. The number of anilines is 1. The number of hydrogen-bond acceptors (Lipinski definition) is 11. The number of nitrogens with zero attached hydrogens (tertiary/aromatic N) is 4. The average molecular weight is 427 g/mol. The van der Waals surface area contributed by atoms with Crippen molar-refractivity contribution in [2.45, 2.75) is 24.5 Å². The molecule has 5 atom stereocenters. The van der Waals surface area contributed by atoms with Crippen molar-refractivity contribution in [2.75, 3.05) is 12.3 Å². The highest BCUT2D eigenvalue weighted by atomic mass is 31.3. The third-order valence-corrected chi connectivity index (χ3v) is 5.80. The van der Waals surface area contributed by atoms with Gasteiger partial charge in [0.25, 0.3) is 0 Å². The van der Waals surface area contributed by atoms with Gasteiger partial charge in [-0.25, -0.2) is 24.1 Å². The van der Waals surface area contributed by atoms with Crippen molar-refractivity contribution >= 4 is 32.6 Å². The lowest BCUT2D eigenvalue weighted by molar-refractivity contribution is -0.0509. The lowest BCUT2D eigenvalue weighted by Gasteiger charge is -2.22. The molecule has 1 fully saturated rings. The minimum Gasteiger partial charge on any atom is -0.394 e. The highest BCUT2D eigenvalue weighted by Crippen LogP contribution is 2.59. The molecular weight excluding hydrogens is 412 g/mol. The Morgan fingerprint density at radius 2 is 1.96 bits per heavy atom. The van der Waals surface area contributed by atoms with Crippen molar-refractivity contribution in [1.29, 1.82) is 0 Å². The summed E-state index contributed by atoms with van der Waals surface area (Å²) < 4.78 is 37.5. The van der Waals surface area contributed by atoms with Gasteiger partial charge in [-0.15, -0.1) is 0 Å². The van der Waals surface area contributed by atoms with Crippen LogP contribution in [-0.4, -0.2) is 69.3 Å². The molecule has 0 spiro atoms. The van der Waals surface area contributed by atoms with Crippen LogP contribution in [0.3, 0.4) is 0 Å². The maximum Gasteiger partial charge on any atom is 0.481 e.